The van der Waals surface area contributed by atoms with Gasteiger partial charge >= 0.3 is 0 Å². The lowest BCUT2D eigenvalue weighted by Crippen LogP contribution is -2.32. The smallest absolute Gasteiger partial charge is 0.248 e. The van der Waals surface area contributed by atoms with Crippen molar-refractivity contribution in [3.05, 3.63) is 77.3 Å². The number of hydrogen-bond donors (Lipinski definition) is 0. The fourth-order valence-electron chi connectivity index (χ4n) is 2.56. The van der Waals surface area contributed by atoms with Crippen LogP contribution in [0.1, 0.15) is 11.1 Å². The van der Waals surface area contributed by atoms with E-state index in [0.29, 0.717) is 11.6 Å². The molecule has 110 valence electrons. The Kier molecular flexibility index (Phi) is 4.07. The first-order valence-corrected chi connectivity index (χ1v) is 7.39. The zero-order chi connectivity index (χ0) is 15.5. The normalized spacial score (nSPS) is 14.1. The van der Waals surface area contributed by atoms with E-state index in [1.165, 1.54) is 0 Å². The molecule has 1 aliphatic rings. The van der Waals surface area contributed by atoms with E-state index in [4.69, 9.17) is 11.6 Å². The van der Waals surface area contributed by atoms with Gasteiger partial charge in [0.1, 0.15) is 6.54 Å². The molecule has 0 aliphatic carbocycles. The lowest BCUT2D eigenvalue weighted by Gasteiger charge is -2.21. The summed E-state index contributed by atoms with van der Waals surface area (Å²) in [6, 6.07) is 15.3. The van der Waals surface area contributed by atoms with Gasteiger partial charge in [-0.2, -0.15) is 0 Å². The summed E-state index contributed by atoms with van der Waals surface area (Å²) < 4.78 is 0. The lowest BCUT2D eigenvalue weighted by molar-refractivity contribution is -0.117. The Bertz CT molecular complexity index is 753. The first-order chi connectivity index (χ1) is 10.7. The van der Waals surface area contributed by atoms with Crippen LogP contribution in [0.4, 0.5) is 5.69 Å². The number of anilines is 1. The first-order valence-electron chi connectivity index (χ1n) is 7.02. The van der Waals surface area contributed by atoms with Gasteiger partial charge in [0.15, 0.2) is 0 Å². The molecule has 0 unspecified atom stereocenters. The van der Waals surface area contributed by atoms with Crippen molar-refractivity contribution in [1.29, 1.82) is 0 Å². The molecule has 1 aliphatic heterocycles. The van der Waals surface area contributed by atoms with Crippen molar-refractivity contribution in [3.63, 3.8) is 0 Å². The summed E-state index contributed by atoms with van der Waals surface area (Å²) in [4.78, 5) is 18.6. The third kappa shape index (κ3) is 2.68. The summed E-state index contributed by atoms with van der Waals surface area (Å²) in [6.07, 6.45) is 1.71. The van der Waals surface area contributed by atoms with E-state index in [-0.39, 0.29) is 12.5 Å². The van der Waals surface area contributed by atoms with Gasteiger partial charge in [0, 0.05) is 22.7 Å². The van der Waals surface area contributed by atoms with Crippen molar-refractivity contribution in [2.24, 2.45) is 4.99 Å². The summed E-state index contributed by atoms with van der Waals surface area (Å²) in [5.74, 6) is -0.0468. The second-order valence-electron chi connectivity index (χ2n) is 4.99. The molecular weight excluding hydrogens is 296 g/mol. The third-order valence-corrected chi connectivity index (χ3v) is 3.77. The largest absolute Gasteiger partial charge is 0.306 e. The molecule has 0 saturated carbocycles. The van der Waals surface area contributed by atoms with E-state index in [9.17, 15) is 4.79 Å². The van der Waals surface area contributed by atoms with Gasteiger partial charge in [-0.1, -0.05) is 48.0 Å². The zero-order valence-corrected chi connectivity index (χ0v) is 12.8. The van der Waals surface area contributed by atoms with Gasteiger partial charge in [-0.15, -0.1) is 6.58 Å². The molecule has 2 aromatic carbocycles. The Labute approximate surface area is 134 Å². The molecule has 0 bridgehead atoms. The van der Waals surface area contributed by atoms with Gasteiger partial charge < -0.3 is 4.90 Å². The van der Waals surface area contributed by atoms with E-state index in [2.05, 4.69) is 11.6 Å². The monoisotopic (exact) mass is 310 g/mol. The van der Waals surface area contributed by atoms with Crippen molar-refractivity contribution >= 4 is 28.9 Å². The van der Waals surface area contributed by atoms with Crippen LogP contribution in [-0.2, 0) is 4.79 Å². The number of rotatable bonds is 3. The zero-order valence-electron chi connectivity index (χ0n) is 12.0. The maximum absolute atomic E-state index is 12.4. The fourth-order valence-corrected chi connectivity index (χ4v) is 2.73. The average molecular weight is 311 g/mol. The Morgan fingerprint density at radius 3 is 2.73 bits per heavy atom. The van der Waals surface area contributed by atoms with E-state index in [1.54, 1.807) is 17.0 Å². The second kappa shape index (κ2) is 6.16. The number of aliphatic imine (C=N–C) groups is 1. The molecule has 0 fully saturated rings. The van der Waals surface area contributed by atoms with Crippen LogP contribution in [0.25, 0.3) is 0 Å². The molecule has 1 amide bonds. The molecule has 3 nitrogen and oxygen atoms in total. The van der Waals surface area contributed by atoms with Crippen LogP contribution in [0.15, 0.2) is 66.2 Å². The minimum absolute atomic E-state index is 0.0468. The lowest BCUT2D eigenvalue weighted by atomic mass is 10.0. The highest BCUT2D eigenvalue weighted by Gasteiger charge is 2.24. The number of benzene rings is 2. The van der Waals surface area contributed by atoms with Crippen LogP contribution < -0.4 is 4.90 Å². The van der Waals surface area contributed by atoms with Gasteiger partial charge in [-0.3, -0.25) is 9.79 Å². The van der Waals surface area contributed by atoms with Gasteiger partial charge in [0.2, 0.25) is 5.91 Å². The standard InChI is InChI=1S/C18H15ClN2O/c1-2-10-21-16-9-8-14(19)11-15(16)18(20-12-17(21)22)13-6-4-3-5-7-13/h2-9,11H,1,10,12H2. The quantitative estimate of drug-likeness (QED) is 0.795. The summed E-state index contributed by atoms with van der Waals surface area (Å²) in [6.45, 7) is 4.30. The maximum Gasteiger partial charge on any atom is 0.248 e. The fraction of sp³-hybridized carbons (Fsp3) is 0.111. The highest BCUT2D eigenvalue weighted by Crippen LogP contribution is 2.29. The van der Waals surface area contributed by atoms with Crippen LogP contribution >= 0.6 is 11.6 Å². The van der Waals surface area contributed by atoms with E-state index in [1.807, 2.05) is 42.5 Å². The van der Waals surface area contributed by atoms with Crippen LogP contribution in [0.2, 0.25) is 5.02 Å². The van der Waals surface area contributed by atoms with Crippen molar-refractivity contribution in [2.45, 2.75) is 0 Å². The number of amides is 1. The molecular formula is C18H15ClN2O. The molecule has 2 aromatic rings. The van der Waals surface area contributed by atoms with Crippen LogP contribution in [-0.4, -0.2) is 24.7 Å². The average Bonchev–Trinajstić information content (AvgIpc) is 2.66. The van der Waals surface area contributed by atoms with Gasteiger partial charge in [-0.05, 0) is 18.2 Å². The Balaban J connectivity index is 2.20. The number of fused-ring (bicyclic) bond motifs is 1. The highest BCUT2D eigenvalue weighted by atomic mass is 35.5. The number of carbonyl (C=O) groups excluding carboxylic acids is 1. The first kappa shape index (κ1) is 14.5. The van der Waals surface area contributed by atoms with Gasteiger partial charge in [0.25, 0.3) is 0 Å². The topological polar surface area (TPSA) is 32.7 Å². The predicted octanol–water partition coefficient (Wildman–Crippen LogP) is 3.71. The molecule has 1 heterocycles. The molecule has 0 radical (unpaired) electrons. The minimum atomic E-state index is -0.0468. The highest BCUT2D eigenvalue weighted by molar-refractivity contribution is 6.32. The Morgan fingerprint density at radius 1 is 1.23 bits per heavy atom. The molecule has 0 N–H and O–H groups in total. The molecule has 22 heavy (non-hydrogen) atoms. The molecule has 0 spiro atoms. The van der Waals surface area contributed by atoms with E-state index in [0.717, 1.165) is 22.5 Å². The van der Waals surface area contributed by atoms with Crippen molar-refractivity contribution in [2.75, 3.05) is 18.0 Å². The van der Waals surface area contributed by atoms with Gasteiger partial charge in [-0.25, -0.2) is 0 Å². The maximum atomic E-state index is 12.4. The number of benzodiazepines with no additional fused rings is 1. The van der Waals surface area contributed by atoms with Crippen molar-refractivity contribution in [1.82, 2.24) is 0 Å². The minimum Gasteiger partial charge on any atom is -0.306 e. The molecule has 0 saturated heterocycles. The number of hydrogen-bond acceptors (Lipinski definition) is 2. The van der Waals surface area contributed by atoms with E-state index < -0.39 is 0 Å². The summed E-state index contributed by atoms with van der Waals surface area (Å²) in [7, 11) is 0. The van der Waals surface area contributed by atoms with Crippen molar-refractivity contribution < 1.29 is 4.79 Å². The van der Waals surface area contributed by atoms with Crippen LogP contribution in [0.3, 0.4) is 0 Å². The number of halogens is 1. The summed E-state index contributed by atoms with van der Waals surface area (Å²) >= 11 is 6.17. The van der Waals surface area contributed by atoms with Gasteiger partial charge in [0.05, 0.1) is 11.4 Å². The molecule has 4 heteroatoms. The van der Waals surface area contributed by atoms with E-state index >= 15 is 0 Å². The third-order valence-electron chi connectivity index (χ3n) is 3.54. The van der Waals surface area contributed by atoms with Crippen molar-refractivity contribution in [3.8, 4) is 0 Å². The Morgan fingerprint density at radius 2 is 2.00 bits per heavy atom. The second-order valence-corrected chi connectivity index (χ2v) is 5.42. The number of nitrogens with zero attached hydrogens (tertiary/aromatic N) is 2. The molecule has 3 rings (SSSR count). The number of carbonyl (C=O) groups is 1. The Hall–Kier alpha value is -2.39. The molecule has 0 atom stereocenters. The summed E-state index contributed by atoms with van der Waals surface area (Å²) in [5.41, 5.74) is 3.44. The van der Waals surface area contributed by atoms with Crippen LogP contribution in [0, 0.1) is 0 Å². The van der Waals surface area contributed by atoms with Crippen LogP contribution in [0.5, 0.6) is 0 Å². The SMILES string of the molecule is C=CCN1C(=O)CN=C(c2ccccc2)c2cc(Cl)ccc21. The predicted molar refractivity (Wildman–Crippen MR) is 91.0 cm³/mol. The molecule has 0 aromatic heterocycles. The summed E-state index contributed by atoms with van der Waals surface area (Å²) in [5, 5.41) is 0.621.